The molecule has 0 aromatic carbocycles. The normalized spacial score (nSPS) is 29.8. The van der Waals surface area contributed by atoms with Crippen molar-refractivity contribution in [2.24, 2.45) is 17.6 Å². The van der Waals surface area contributed by atoms with E-state index in [-0.39, 0.29) is 0 Å². The van der Waals surface area contributed by atoms with E-state index in [4.69, 9.17) is 10.5 Å². The van der Waals surface area contributed by atoms with Crippen molar-refractivity contribution < 1.29 is 4.74 Å². The average molecular weight is 199 g/mol. The third-order valence-corrected chi connectivity index (χ3v) is 3.75. The van der Waals surface area contributed by atoms with Gasteiger partial charge in [0.2, 0.25) is 0 Å². The SMILES string of the molecule is CCC(CC)C(N)C1CCOC1CC. The lowest BCUT2D eigenvalue weighted by atomic mass is 9.81. The Bertz CT molecular complexity index is 156. The molecule has 0 aromatic heterocycles. The molecule has 1 rings (SSSR count). The lowest BCUT2D eigenvalue weighted by Crippen LogP contribution is -2.40. The van der Waals surface area contributed by atoms with Crippen LogP contribution in [0.5, 0.6) is 0 Å². The van der Waals surface area contributed by atoms with Gasteiger partial charge in [-0.2, -0.15) is 0 Å². The summed E-state index contributed by atoms with van der Waals surface area (Å²) >= 11 is 0. The molecule has 2 heteroatoms. The summed E-state index contributed by atoms with van der Waals surface area (Å²) in [6.07, 6.45) is 5.09. The Kier molecular flexibility index (Phi) is 4.90. The molecule has 1 fully saturated rings. The summed E-state index contributed by atoms with van der Waals surface area (Å²) in [4.78, 5) is 0. The van der Waals surface area contributed by atoms with Gasteiger partial charge in [-0.25, -0.2) is 0 Å². The van der Waals surface area contributed by atoms with Crippen molar-refractivity contribution in [1.82, 2.24) is 0 Å². The zero-order valence-corrected chi connectivity index (χ0v) is 9.83. The molecule has 0 aliphatic carbocycles. The summed E-state index contributed by atoms with van der Waals surface area (Å²) in [5.41, 5.74) is 6.33. The van der Waals surface area contributed by atoms with Gasteiger partial charge in [-0.3, -0.25) is 0 Å². The summed E-state index contributed by atoms with van der Waals surface area (Å²) in [5, 5.41) is 0. The van der Waals surface area contributed by atoms with E-state index in [0.717, 1.165) is 19.4 Å². The summed E-state index contributed by atoms with van der Waals surface area (Å²) in [7, 11) is 0. The van der Waals surface area contributed by atoms with Gasteiger partial charge in [0.25, 0.3) is 0 Å². The zero-order chi connectivity index (χ0) is 10.6. The van der Waals surface area contributed by atoms with Gasteiger partial charge in [0, 0.05) is 18.6 Å². The van der Waals surface area contributed by atoms with Gasteiger partial charge in [0.1, 0.15) is 0 Å². The van der Waals surface area contributed by atoms with Crippen LogP contribution in [0.15, 0.2) is 0 Å². The van der Waals surface area contributed by atoms with Crippen LogP contribution >= 0.6 is 0 Å². The Morgan fingerprint density at radius 3 is 2.43 bits per heavy atom. The molecule has 2 N–H and O–H groups in total. The van der Waals surface area contributed by atoms with Gasteiger partial charge < -0.3 is 10.5 Å². The molecule has 3 atom stereocenters. The molecule has 0 saturated carbocycles. The van der Waals surface area contributed by atoms with E-state index < -0.39 is 0 Å². The fourth-order valence-corrected chi connectivity index (χ4v) is 2.71. The van der Waals surface area contributed by atoms with Crippen molar-refractivity contribution in [3.05, 3.63) is 0 Å². The second-order valence-electron chi connectivity index (χ2n) is 4.42. The van der Waals surface area contributed by atoms with E-state index in [1.54, 1.807) is 0 Å². The number of ether oxygens (including phenoxy) is 1. The second-order valence-corrected chi connectivity index (χ2v) is 4.42. The quantitative estimate of drug-likeness (QED) is 0.738. The number of hydrogen-bond donors (Lipinski definition) is 1. The molecule has 1 heterocycles. The van der Waals surface area contributed by atoms with E-state index in [1.807, 2.05) is 0 Å². The first-order valence-electron chi connectivity index (χ1n) is 6.11. The van der Waals surface area contributed by atoms with Crippen LogP contribution in [0, 0.1) is 11.8 Å². The molecule has 1 saturated heterocycles. The molecule has 0 bridgehead atoms. The van der Waals surface area contributed by atoms with E-state index in [2.05, 4.69) is 20.8 Å². The summed E-state index contributed by atoms with van der Waals surface area (Å²) in [6, 6.07) is 0.345. The van der Waals surface area contributed by atoms with Gasteiger partial charge in [0.05, 0.1) is 6.10 Å². The molecule has 1 aliphatic heterocycles. The molecular formula is C12H25NO. The second kappa shape index (κ2) is 5.72. The molecule has 1 aliphatic rings. The summed E-state index contributed by atoms with van der Waals surface area (Å²) < 4.78 is 5.70. The molecule has 0 amide bonds. The van der Waals surface area contributed by atoms with Crippen LogP contribution in [0.3, 0.4) is 0 Å². The maximum Gasteiger partial charge on any atom is 0.0616 e. The van der Waals surface area contributed by atoms with Crippen LogP contribution < -0.4 is 5.73 Å². The van der Waals surface area contributed by atoms with Crippen LogP contribution in [0.25, 0.3) is 0 Å². The Balaban J connectivity index is 2.53. The Morgan fingerprint density at radius 2 is 1.93 bits per heavy atom. The molecule has 14 heavy (non-hydrogen) atoms. The largest absolute Gasteiger partial charge is 0.378 e. The van der Waals surface area contributed by atoms with Crippen molar-refractivity contribution in [1.29, 1.82) is 0 Å². The molecule has 2 nitrogen and oxygen atoms in total. The van der Waals surface area contributed by atoms with Crippen molar-refractivity contribution >= 4 is 0 Å². The van der Waals surface area contributed by atoms with Gasteiger partial charge in [0.15, 0.2) is 0 Å². The van der Waals surface area contributed by atoms with E-state index in [1.165, 1.54) is 12.8 Å². The molecule has 3 unspecified atom stereocenters. The van der Waals surface area contributed by atoms with Crippen molar-refractivity contribution in [3.8, 4) is 0 Å². The van der Waals surface area contributed by atoms with Crippen LogP contribution in [0.2, 0.25) is 0 Å². The number of nitrogens with two attached hydrogens (primary N) is 1. The molecule has 0 radical (unpaired) electrons. The summed E-state index contributed by atoms with van der Waals surface area (Å²) in [5.74, 6) is 1.28. The predicted octanol–water partition coefficient (Wildman–Crippen LogP) is 2.57. The van der Waals surface area contributed by atoms with Crippen molar-refractivity contribution in [2.75, 3.05) is 6.61 Å². The first-order valence-corrected chi connectivity index (χ1v) is 6.11. The van der Waals surface area contributed by atoms with Crippen molar-refractivity contribution in [3.63, 3.8) is 0 Å². The first-order chi connectivity index (χ1) is 6.74. The highest BCUT2D eigenvalue weighted by molar-refractivity contribution is 4.87. The molecule has 0 aromatic rings. The smallest absolute Gasteiger partial charge is 0.0616 e. The molecule has 0 spiro atoms. The highest BCUT2D eigenvalue weighted by Gasteiger charge is 2.34. The van der Waals surface area contributed by atoms with Gasteiger partial charge in [-0.1, -0.05) is 33.6 Å². The third-order valence-electron chi connectivity index (χ3n) is 3.75. The standard InChI is InChI=1S/C12H25NO/c1-4-9(5-2)12(13)10-7-8-14-11(10)6-3/h9-12H,4-8,13H2,1-3H3. The van der Waals surface area contributed by atoms with Crippen LogP contribution in [0.1, 0.15) is 46.5 Å². The van der Waals surface area contributed by atoms with Crippen LogP contribution in [-0.4, -0.2) is 18.8 Å². The lowest BCUT2D eigenvalue weighted by molar-refractivity contribution is 0.0743. The number of rotatable bonds is 5. The lowest BCUT2D eigenvalue weighted by Gasteiger charge is -2.29. The fraction of sp³-hybridized carbons (Fsp3) is 1.00. The van der Waals surface area contributed by atoms with Crippen LogP contribution in [-0.2, 0) is 4.74 Å². The summed E-state index contributed by atoms with van der Waals surface area (Å²) in [6.45, 7) is 7.59. The van der Waals surface area contributed by atoms with Gasteiger partial charge in [-0.15, -0.1) is 0 Å². The average Bonchev–Trinajstić information content (AvgIpc) is 2.67. The topological polar surface area (TPSA) is 35.2 Å². The van der Waals surface area contributed by atoms with Crippen LogP contribution in [0.4, 0.5) is 0 Å². The minimum Gasteiger partial charge on any atom is -0.378 e. The minimum absolute atomic E-state index is 0.345. The highest BCUT2D eigenvalue weighted by Crippen LogP contribution is 2.30. The number of hydrogen-bond acceptors (Lipinski definition) is 2. The van der Waals surface area contributed by atoms with Gasteiger partial charge in [-0.05, 0) is 18.8 Å². The Morgan fingerprint density at radius 1 is 1.29 bits per heavy atom. The third kappa shape index (κ3) is 2.48. The van der Waals surface area contributed by atoms with Crippen molar-refractivity contribution in [2.45, 2.75) is 58.6 Å². The zero-order valence-electron chi connectivity index (χ0n) is 9.83. The monoisotopic (exact) mass is 199 g/mol. The maximum absolute atomic E-state index is 6.33. The van der Waals surface area contributed by atoms with E-state index in [9.17, 15) is 0 Å². The Labute approximate surface area is 88.2 Å². The van der Waals surface area contributed by atoms with E-state index in [0.29, 0.717) is 24.0 Å². The highest BCUT2D eigenvalue weighted by atomic mass is 16.5. The molecular weight excluding hydrogens is 174 g/mol. The first kappa shape index (κ1) is 12.0. The predicted molar refractivity (Wildman–Crippen MR) is 60.2 cm³/mol. The van der Waals surface area contributed by atoms with Gasteiger partial charge >= 0.3 is 0 Å². The van der Waals surface area contributed by atoms with E-state index >= 15 is 0 Å². The fourth-order valence-electron chi connectivity index (χ4n) is 2.71. The maximum atomic E-state index is 6.33. The minimum atomic E-state index is 0.345. The molecule has 84 valence electrons. The Hall–Kier alpha value is -0.0800.